The summed E-state index contributed by atoms with van der Waals surface area (Å²) in [5, 5.41) is 11.2. The average Bonchev–Trinajstić information content (AvgIpc) is 2.37. The van der Waals surface area contributed by atoms with E-state index in [1.807, 2.05) is 6.92 Å². The van der Waals surface area contributed by atoms with E-state index in [-0.39, 0.29) is 6.42 Å². The fourth-order valence-electron chi connectivity index (χ4n) is 2.27. The third-order valence-corrected chi connectivity index (χ3v) is 3.87. The van der Waals surface area contributed by atoms with E-state index in [2.05, 4.69) is 5.32 Å². The van der Waals surface area contributed by atoms with Crippen molar-refractivity contribution >= 4 is 17.9 Å². The highest BCUT2D eigenvalue weighted by Gasteiger charge is 2.35. The number of carbonyl (C=O) groups is 3. The first-order valence-corrected chi connectivity index (χ1v) is 6.97. The molecule has 7 nitrogen and oxygen atoms in total. The van der Waals surface area contributed by atoms with Gasteiger partial charge in [0.15, 0.2) is 0 Å². The fourth-order valence-corrected chi connectivity index (χ4v) is 2.27. The van der Waals surface area contributed by atoms with Crippen LogP contribution in [0.15, 0.2) is 0 Å². The van der Waals surface area contributed by atoms with Gasteiger partial charge in [0.2, 0.25) is 5.91 Å². The zero-order chi connectivity index (χ0) is 16.3. The van der Waals surface area contributed by atoms with Crippen LogP contribution in [0.4, 0.5) is 4.79 Å². The van der Waals surface area contributed by atoms with Crippen molar-refractivity contribution in [2.45, 2.75) is 45.6 Å². The second-order valence-electron chi connectivity index (χ2n) is 6.40. The van der Waals surface area contributed by atoms with Crippen molar-refractivity contribution in [1.29, 1.82) is 0 Å². The van der Waals surface area contributed by atoms with Gasteiger partial charge in [-0.2, -0.15) is 0 Å². The van der Waals surface area contributed by atoms with Crippen molar-refractivity contribution in [3.63, 3.8) is 0 Å². The van der Waals surface area contributed by atoms with Crippen LogP contribution in [0.25, 0.3) is 0 Å². The summed E-state index contributed by atoms with van der Waals surface area (Å²) in [6, 6.07) is -0.496. The summed E-state index contributed by atoms with van der Waals surface area (Å²) < 4.78 is 5.39. The van der Waals surface area contributed by atoms with E-state index < -0.39 is 28.9 Å². The van der Waals surface area contributed by atoms with E-state index in [0.717, 1.165) is 12.8 Å². The SMILES string of the molecule is COC1(C)CCCN(C(=O)NC(=O)CC(C)(C)C(=O)O)C1. The van der Waals surface area contributed by atoms with Gasteiger partial charge in [0, 0.05) is 20.1 Å². The van der Waals surface area contributed by atoms with Crippen LogP contribution >= 0.6 is 0 Å². The van der Waals surface area contributed by atoms with Gasteiger partial charge in [-0.3, -0.25) is 14.9 Å². The second-order valence-corrected chi connectivity index (χ2v) is 6.40. The monoisotopic (exact) mass is 300 g/mol. The van der Waals surface area contributed by atoms with Crippen LogP contribution in [0.1, 0.15) is 40.0 Å². The van der Waals surface area contributed by atoms with Gasteiger partial charge in [-0.1, -0.05) is 0 Å². The van der Waals surface area contributed by atoms with Gasteiger partial charge in [-0.05, 0) is 33.6 Å². The van der Waals surface area contributed by atoms with Crippen LogP contribution in [0.3, 0.4) is 0 Å². The van der Waals surface area contributed by atoms with Crippen molar-refractivity contribution in [3.8, 4) is 0 Å². The maximum Gasteiger partial charge on any atom is 0.324 e. The number of methoxy groups -OCH3 is 1. The molecule has 1 fully saturated rings. The van der Waals surface area contributed by atoms with E-state index in [0.29, 0.717) is 13.1 Å². The normalized spacial score (nSPS) is 22.8. The standard InChI is InChI=1S/C14H24N2O5/c1-13(2,11(18)19)8-10(17)15-12(20)16-7-5-6-14(3,9-16)21-4/h5-9H2,1-4H3,(H,18,19)(H,15,17,20). The molecule has 1 atom stereocenters. The number of aliphatic carboxylic acids is 1. The number of rotatable bonds is 4. The van der Waals surface area contributed by atoms with Gasteiger partial charge in [0.25, 0.3) is 0 Å². The summed E-state index contributed by atoms with van der Waals surface area (Å²) in [6.45, 7) is 5.78. The molecular formula is C14H24N2O5. The van der Waals surface area contributed by atoms with Gasteiger partial charge in [-0.25, -0.2) is 4.79 Å². The molecule has 1 aliphatic rings. The number of hydrogen-bond donors (Lipinski definition) is 2. The molecule has 2 N–H and O–H groups in total. The molecule has 0 aliphatic carbocycles. The van der Waals surface area contributed by atoms with Crippen LogP contribution in [-0.4, -0.2) is 53.7 Å². The molecule has 1 heterocycles. The first-order valence-electron chi connectivity index (χ1n) is 6.97. The summed E-state index contributed by atoms with van der Waals surface area (Å²) in [5.41, 5.74) is -1.60. The highest BCUT2D eigenvalue weighted by atomic mass is 16.5. The van der Waals surface area contributed by atoms with Gasteiger partial charge in [-0.15, -0.1) is 0 Å². The molecule has 0 aromatic rings. The molecule has 0 aromatic heterocycles. The van der Waals surface area contributed by atoms with Crippen LogP contribution in [0, 0.1) is 5.41 Å². The second kappa shape index (κ2) is 6.43. The Balaban J connectivity index is 2.57. The number of carboxylic acid groups (broad SMARTS) is 1. The number of carbonyl (C=O) groups excluding carboxylic acids is 2. The summed E-state index contributed by atoms with van der Waals surface area (Å²) in [6.07, 6.45) is 1.41. The number of nitrogens with zero attached hydrogens (tertiary/aromatic N) is 1. The maximum absolute atomic E-state index is 12.1. The Bertz CT molecular complexity index is 435. The predicted octanol–water partition coefficient (Wildman–Crippen LogP) is 1.22. The molecule has 7 heteroatoms. The average molecular weight is 300 g/mol. The Kier molecular flexibility index (Phi) is 5.33. The predicted molar refractivity (Wildman–Crippen MR) is 75.8 cm³/mol. The van der Waals surface area contributed by atoms with Gasteiger partial charge in [0.05, 0.1) is 17.6 Å². The lowest BCUT2D eigenvalue weighted by atomic mass is 9.89. The van der Waals surface area contributed by atoms with Crippen molar-refractivity contribution in [1.82, 2.24) is 10.2 Å². The molecule has 0 spiro atoms. The molecule has 0 bridgehead atoms. The molecule has 1 unspecified atom stereocenters. The highest BCUT2D eigenvalue weighted by Crippen LogP contribution is 2.24. The minimum absolute atomic E-state index is 0.247. The van der Waals surface area contributed by atoms with Crippen LogP contribution in [0.2, 0.25) is 0 Å². The third-order valence-electron chi connectivity index (χ3n) is 3.87. The Labute approximate surface area is 124 Å². The van der Waals surface area contributed by atoms with Crippen molar-refractivity contribution < 1.29 is 24.2 Å². The summed E-state index contributed by atoms with van der Waals surface area (Å²) in [4.78, 5) is 36.4. The number of urea groups is 1. The molecule has 0 aromatic carbocycles. The quantitative estimate of drug-likeness (QED) is 0.814. The molecule has 21 heavy (non-hydrogen) atoms. The molecule has 0 radical (unpaired) electrons. The molecule has 1 rings (SSSR count). The lowest BCUT2D eigenvalue weighted by molar-refractivity contribution is -0.149. The molecular weight excluding hydrogens is 276 g/mol. The first kappa shape index (κ1) is 17.4. The number of hydrogen-bond acceptors (Lipinski definition) is 4. The Hall–Kier alpha value is -1.63. The number of nitrogens with one attached hydrogen (secondary N) is 1. The smallest absolute Gasteiger partial charge is 0.324 e. The largest absolute Gasteiger partial charge is 0.481 e. The van der Waals surface area contributed by atoms with Gasteiger partial charge < -0.3 is 14.7 Å². The summed E-state index contributed by atoms with van der Waals surface area (Å²) >= 11 is 0. The first-order chi connectivity index (χ1) is 9.59. The third kappa shape index (κ3) is 4.70. The van der Waals surface area contributed by atoms with Crippen LogP contribution in [-0.2, 0) is 14.3 Å². The Morgan fingerprint density at radius 1 is 1.38 bits per heavy atom. The van der Waals surface area contributed by atoms with E-state index in [1.54, 1.807) is 7.11 Å². The number of imide groups is 1. The molecule has 1 saturated heterocycles. The highest BCUT2D eigenvalue weighted by molar-refractivity contribution is 5.96. The Morgan fingerprint density at radius 3 is 2.52 bits per heavy atom. The van der Waals surface area contributed by atoms with Gasteiger partial charge >= 0.3 is 12.0 Å². The van der Waals surface area contributed by atoms with Crippen LogP contribution in [0.5, 0.6) is 0 Å². The zero-order valence-corrected chi connectivity index (χ0v) is 13.1. The van der Waals surface area contributed by atoms with E-state index in [1.165, 1.54) is 18.7 Å². The molecule has 120 valence electrons. The number of carboxylic acids is 1. The minimum Gasteiger partial charge on any atom is -0.481 e. The molecule has 3 amide bonds. The van der Waals surface area contributed by atoms with E-state index >= 15 is 0 Å². The lowest BCUT2D eigenvalue weighted by Gasteiger charge is -2.39. The van der Waals surface area contributed by atoms with Crippen molar-refractivity contribution in [3.05, 3.63) is 0 Å². The number of likely N-dealkylation sites (tertiary alicyclic amines) is 1. The van der Waals surface area contributed by atoms with Crippen molar-refractivity contribution in [2.24, 2.45) is 5.41 Å². The molecule has 1 aliphatic heterocycles. The van der Waals surface area contributed by atoms with Gasteiger partial charge in [0.1, 0.15) is 0 Å². The van der Waals surface area contributed by atoms with Crippen molar-refractivity contribution in [2.75, 3.05) is 20.2 Å². The molecule has 0 saturated carbocycles. The lowest BCUT2D eigenvalue weighted by Crippen LogP contribution is -2.53. The maximum atomic E-state index is 12.1. The topological polar surface area (TPSA) is 95.9 Å². The summed E-state index contributed by atoms with van der Waals surface area (Å²) in [5.74, 6) is -1.66. The Morgan fingerprint density at radius 2 is 2.00 bits per heavy atom. The fraction of sp³-hybridized carbons (Fsp3) is 0.786. The minimum atomic E-state index is -1.20. The van der Waals surface area contributed by atoms with E-state index in [9.17, 15) is 14.4 Å². The van der Waals surface area contributed by atoms with E-state index in [4.69, 9.17) is 9.84 Å². The zero-order valence-electron chi connectivity index (χ0n) is 13.1. The summed E-state index contributed by atoms with van der Waals surface area (Å²) in [7, 11) is 1.60. The number of amides is 3. The number of piperidine rings is 1. The number of ether oxygens (including phenoxy) is 1. The van der Waals surface area contributed by atoms with Crippen LogP contribution < -0.4 is 5.32 Å².